The van der Waals surface area contributed by atoms with Gasteiger partial charge >= 0.3 is 5.97 Å². The Hall–Kier alpha value is -3.01. The Morgan fingerprint density at radius 2 is 2.08 bits per heavy atom. The number of benzene rings is 1. The van der Waals surface area contributed by atoms with Gasteiger partial charge in [0, 0.05) is 12.1 Å². The summed E-state index contributed by atoms with van der Waals surface area (Å²) in [6.07, 6.45) is 2.74. The minimum atomic E-state index is -0.627. The number of nitrogens with one attached hydrogen (secondary N) is 1. The summed E-state index contributed by atoms with van der Waals surface area (Å²) < 4.78 is 15.2. The van der Waals surface area contributed by atoms with Crippen LogP contribution in [-0.2, 0) is 14.3 Å². The van der Waals surface area contributed by atoms with E-state index < -0.39 is 5.97 Å². The van der Waals surface area contributed by atoms with Crippen LogP contribution in [0.3, 0.4) is 0 Å². The number of amides is 1. The Kier molecular flexibility index (Phi) is 7.85. The molecule has 1 aromatic rings. The van der Waals surface area contributed by atoms with Crippen molar-refractivity contribution >= 4 is 18.0 Å². The molecular formula is C17H20N2O5. The van der Waals surface area contributed by atoms with Gasteiger partial charge in [-0.2, -0.15) is 5.26 Å². The summed E-state index contributed by atoms with van der Waals surface area (Å²) >= 11 is 0. The first kappa shape index (κ1) is 19.0. The molecule has 0 aliphatic carbocycles. The molecule has 7 nitrogen and oxygen atoms in total. The first-order chi connectivity index (χ1) is 11.5. The minimum Gasteiger partial charge on any atom is -0.493 e. The highest BCUT2D eigenvalue weighted by atomic mass is 16.5. The second kappa shape index (κ2) is 9.90. The van der Waals surface area contributed by atoms with Gasteiger partial charge in [0.05, 0.1) is 7.11 Å². The maximum atomic E-state index is 11.6. The normalized spacial score (nSPS) is 10.3. The maximum absolute atomic E-state index is 11.6. The fraction of sp³-hybridized carbons (Fsp3) is 0.353. The topological polar surface area (TPSA) is 97.7 Å². The van der Waals surface area contributed by atoms with Gasteiger partial charge in [0.2, 0.25) is 0 Å². The summed E-state index contributed by atoms with van der Waals surface area (Å²) in [6, 6.07) is 6.85. The van der Waals surface area contributed by atoms with Crippen LogP contribution in [0.4, 0.5) is 0 Å². The van der Waals surface area contributed by atoms with E-state index in [2.05, 4.69) is 5.32 Å². The van der Waals surface area contributed by atoms with E-state index in [0.29, 0.717) is 17.1 Å². The fourth-order valence-corrected chi connectivity index (χ4v) is 1.73. The van der Waals surface area contributed by atoms with Crippen LogP contribution in [0.15, 0.2) is 24.3 Å². The second-order valence-corrected chi connectivity index (χ2v) is 5.02. The minimum absolute atomic E-state index is 0.0130. The van der Waals surface area contributed by atoms with Crippen LogP contribution in [0, 0.1) is 11.3 Å². The van der Waals surface area contributed by atoms with E-state index in [0.717, 1.165) is 0 Å². The lowest BCUT2D eigenvalue weighted by Gasteiger charge is -2.09. The molecule has 7 heteroatoms. The summed E-state index contributed by atoms with van der Waals surface area (Å²) in [5, 5.41) is 11.1. The van der Waals surface area contributed by atoms with Crippen LogP contribution in [0.2, 0.25) is 0 Å². The molecule has 0 saturated carbocycles. The summed E-state index contributed by atoms with van der Waals surface area (Å²) in [5.41, 5.74) is 0.680. The van der Waals surface area contributed by atoms with Crippen molar-refractivity contribution in [3.8, 4) is 17.6 Å². The molecule has 1 N–H and O–H groups in total. The summed E-state index contributed by atoms with van der Waals surface area (Å²) in [7, 11) is 1.48. The summed E-state index contributed by atoms with van der Waals surface area (Å²) in [6.45, 7) is 3.22. The number of nitriles is 1. The van der Waals surface area contributed by atoms with Crippen LogP contribution >= 0.6 is 0 Å². The molecule has 0 aliphatic rings. The van der Waals surface area contributed by atoms with E-state index in [4.69, 9.17) is 19.5 Å². The highest BCUT2D eigenvalue weighted by Crippen LogP contribution is 2.28. The lowest BCUT2D eigenvalue weighted by Crippen LogP contribution is -2.33. The largest absolute Gasteiger partial charge is 0.493 e. The molecule has 0 aliphatic heterocycles. The third-order valence-electron chi connectivity index (χ3n) is 2.69. The molecule has 0 heterocycles. The Morgan fingerprint density at radius 3 is 2.71 bits per heavy atom. The molecule has 0 fully saturated rings. The molecule has 0 saturated heterocycles. The average molecular weight is 332 g/mol. The number of hydrogen-bond acceptors (Lipinski definition) is 6. The number of carbonyl (C=O) groups excluding carboxylic acids is 2. The SMILES string of the molecule is COc1cc(/C=C/C(=O)OCC(=O)NC(C)C)ccc1OCC#N. The van der Waals surface area contributed by atoms with Crippen molar-refractivity contribution in [3.05, 3.63) is 29.8 Å². The number of carbonyl (C=O) groups is 2. The van der Waals surface area contributed by atoms with E-state index >= 15 is 0 Å². The van der Waals surface area contributed by atoms with Crippen molar-refractivity contribution in [2.45, 2.75) is 19.9 Å². The molecule has 0 aromatic heterocycles. The highest BCUT2D eigenvalue weighted by molar-refractivity contribution is 5.89. The number of methoxy groups -OCH3 is 1. The zero-order valence-corrected chi connectivity index (χ0v) is 13.9. The quantitative estimate of drug-likeness (QED) is 0.574. The monoisotopic (exact) mass is 332 g/mol. The predicted molar refractivity (Wildman–Crippen MR) is 87.4 cm³/mol. The Labute approximate surface area is 140 Å². The van der Waals surface area contributed by atoms with Gasteiger partial charge in [-0.05, 0) is 37.6 Å². The number of ether oxygens (including phenoxy) is 3. The fourth-order valence-electron chi connectivity index (χ4n) is 1.73. The third kappa shape index (κ3) is 6.83. The maximum Gasteiger partial charge on any atom is 0.331 e. The molecule has 1 amide bonds. The molecule has 0 unspecified atom stereocenters. The Balaban J connectivity index is 2.61. The number of esters is 1. The molecule has 24 heavy (non-hydrogen) atoms. The van der Waals surface area contributed by atoms with Gasteiger partial charge in [0.25, 0.3) is 5.91 Å². The summed E-state index contributed by atoms with van der Waals surface area (Å²) in [4.78, 5) is 23.0. The van der Waals surface area contributed by atoms with Crippen molar-refractivity contribution < 1.29 is 23.8 Å². The van der Waals surface area contributed by atoms with E-state index in [1.165, 1.54) is 19.3 Å². The molecule has 0 radical (unpaired) electrons. The van der Waals surface area contributed by atoms with Crippen molar-refractivity contribution in [3.63, 3.8) is 0 Å². The van der Waals surface area contributed by atoms with E-state index in [9.17, 15) is 9.59 Å². The van der Waals surface area contributed by atoms with Crippen LogP contribution < -0.4 is 14.8 Å². The van der Waals surface area contributed by atoms with Crippen LogP contribution in [0.5, 0.6) is 11.5 Å². The standard InChI is InChI=1S/C17H20N2O5/c1-12(2)19-16(20)11-24-17(21)7-5-13-4-6-14(23-9-8-18)15(10-13)22-3/h4-7,10,12H,9,11H2,1-3H3,(H,19,20)/b7-5+. The van der Waals surface area contributed by atoms with Crippen LogP contribution in [0.1, 0.15) is 19.4 Å². The summed E-state index contributed by atoms with van der Waals surface area (Å²) in [5.74, 6) is -0.105. The van der Waals surface area contributed by atoms with Crippen LogP contribution in [-0.4, -0.2) is 38.2 Å². The second-order valence-electron chi connectivity index (χ2n) is 5.02. The lowest BCUT2D eigenvalue weighted by molar-refractivity contribution is -0.143. The molecule has 0 bridgehead atoms. The predicted octanol–water partition coefficient (Wildman–Crippen LogP) is 1.68. The van der Waals surface area contributed by atoms with Gasteiger partial charge in [-0.3, -0.25) is 4.79 Å². The number of hydrogen-bond donors (Lipinski definition) is 1. The van der Waals surface area contributed by atoms with E-state index in [-0.39, 0.29) is 25.2 Å². The van der Waals surface area contributed by atoms with E-state index in [1.807, 2.05) is 19.9 Å². The third-order valence-corrected chi connectivity index (χ3v) is 2.69. The lowest BCUT2D eigenvalue weighted by atomic mass is 10.2. The van der Waals surface area contributed by atoms with Crippen molar-refractivity contribution in [1.29, 1.82) is 5.26 Å². The zero-order chi connectivity index (χ0) is 17.9. The van der Waals surface area contributed by atoms with Gasteiger partial charge in [-0.15, -0.1) is 0 Å². The Bertz CT molecular complexity index is 647. The van der Waals surface area contributed by atoms with Crippen molar-refractivity contribution in [2.75, 3.05) is 20.3 Å². The first-order valence-corrected chi connectivity index (χ1v) is 7.28. The zero-order valence-electron chi connectivity index (χ0n) is 13.9. The molecule has 1 rings (SSSR count). The van der Waals surface area contributed by atoms with Crippen LogP contribution in [0.25, 0.3) is 6.08 Å². The molecule has 0 atom stereocenters. The van der Waals surface area contributed by atoms with Gasteiger partial charge in [-0.25, -0.2) is 4.79 Å². The molecule has 128 valence electrons. The van der Waals surface area contributed by atoms with Gasteiger partial charge in [-0.1, -0.05) is 6.07 Å². The smallest absolute Gasteiger partial charge is 0.331 e. The first-order valence-electron chi connectivity index (χ1n) is 7.28. The molecule has 1 aromatic carbocycles. The van der Waals surface area contributed by atoms with Gasteiger partial charge in [0.1, 0.15) is 6.07 Å². The van der Waals surface area contributed by atoms with Crippen molar-refractivity contribution in [2.24, 2.45) is 0 Å². The highest BCUT2D eigenvalue weighted by Gasteiger charge is 2.07. The molecule has 0 spiro atoms. The Morgan fingerprint density at radius 1 is 1.33 bits per heavy atom. The van der Waals surface area contributed by atoms with Gasteiger partial charge in [0.15, 0.2) is 24.7 Å². The molecular weight excluding hydrogens is 312 g/mol. The number of rotatable bonds is 8. The van der Waals surface area contributed by atoms with E-state index in [1.54, 1.807) is 18.2 Å². The average Bonchev–Trinajstić information content (AvgIpc) is 2.55. The number of nitrogens with zero attached hydrogens (tertiary/aromatic N) is 1. The van der Waals surface area contributed by atoms with Gasteiger partial charge < -0.3 is 19.5 Å². The van der Waals surface area contributed by atoms with Crippen molar-refractivity contribution in [1.82, 2.24) is 5.32 Å².